The number of nitrogens with one attached hydrogen (secondary N) is 1. The number of sulfonamides is 1. The van der Waals surface area contributed by atoms with Gasteiger partial charge in [-0.25, -0.2) is 13.4 Å². The molecule has 8 nitrogen and oxygen atoms in total. The average molecular weight is 444 g/mol. The molecule has 4 heterocycles. The number of pyridine rings is 1. The van der Waals surface area contributed by atoms with Crippen molar-refractivity contribution < 1.29 is 13.2 Å². The van der Waals surface area contributed by atoms with Gasteiger partial charge in [0.05, 0.1) is 24.3 Å². The molecule has 0 bridgehead atoms. The Morgan fingerprint density at radius 3 is 2.84 bits per heavy atom. The molecule has 1 N–H and O–H groups in total. The lowest BCUT2D eigenvalue weighted by molar-refractivity contribution is 0.0570. The summed E-state index contributed by atoms with van der Waals surface area (Å²) in [5.41, 5.74) is 2.88. The van der Waals surface area contributed by atoms with E-state index < -0.39 is 10.0 Å². The zero-order chi connectivity index (χ0) is 21.4. The van der Waals surface area contributed by atoms with Crippen molar-refractivity contribution in [2.75, 3.05) is 26.0 Å². The first-order valence-electron chi connectivity index (χ1n) is 11.1. The van der Waals surface area contributed by atoms with Crippen molar-refractivity contribution in [2.24, 2.45) is 5.92 Å². The molecule has 9 heteroatoms. The highest BCUT2D eigenvalue weighted by molar-refractivity contribution is 7.89. The summed E-state index contributed by atoms with van der Waals surface area (Å²) in [7, 11) is -1.58. The van der Waals surface area contributed by atoms with Gasteiger partial charge in [0.1, 0.15) is 11.2 Å². The standard InChI is InChI=1S/C22H29N5O3S/c1-30-17-3-2-10-27(13-17)31(28,29)14-15-4-6-16(7-5-15)19-11-25-26-20-12-24-22-18(21(19)20)8-9-23-22/h8-9,11-12,15-17H,2-7,10,13-14H2,1H3,(H,23,24). The minimum Gasteiger partial charge on any atom is -0.380 e. The SMILES string of the molecule is COC1CCCN(S(=O)(=O)CC2CCC(c3cnnc4cnc5[nH]ccc5c34)CC2)C1. The number of piperidine rings is 1. The zero-order valence-electron chi connectivity index (χ0n) is 17.8. The van der Waals surface area contributed by atoms with Gasteiger partial charge in [-0.3, -0.25) is 0 Å². The average Bonchev–Trinajstić information content (AvgIpc) is 3.28. The van der Waals surface area contributed by atoms with Crippen LogP contribution in [0.5, 0.6) is 0 Å². The van der Waals surface area contributed by atoms with Crippen LogP contribution in [0.2, 0.25) is 0 Å². The summed E-state index contributed by atoms with van der Waals surface area (Å²) < 4.78 is 33.1. The van der Waals surface area contributed by atoms with Crippen LogP contribution < -0.4 is 0 Å². The highest BCUT2D eigenvalue weighted by Gasteiger charge is 2.33. The molecule has 0 aromatic carbocycles. The van der Waals surface area contributed by atoms with E-state index in [1.54, 1.807) is 17.6 Å². The van der Waals surface area contributed by atoms with E-state index in [0.29, 0.717) is 19.0 Å². The second kappa shape index (κ2) is 8.44. The molecular formula is C22H29N5O3S. The first-order chi connectivity index (χ1) is 15.0. The lowest BCUT2D eigenvalue weighted by Crippen LogP contribution is -2.44. The molecule has 0 spiro atoms. The van der Waals surface area contributed by atoms with Crippen LogP contribution in [-0.2, 0) is 14.8 Å². The Kier molecular flexibility index (Phi) is 5.66. The second-order valence-electron chi connectivity index (χ2n) is 8.91. The van der Waals surface area contributed by atoms with Crippen molar-refractivity contribution in [3.8, 4) is 0 Å². The van der Waals surface area contributed by atoms with E-state index in [1.165, 1.54) is 5.56 Å². The normalized spacial score (nSPS) is 25.9. The van der Waals surface area contributed by atoms with Gasteiger partial charge in [-0.15, -0.1) is 5.10 Å². The third-order valence-corrected chi connectivity index (χ3v) is 9.03. The Hall–Kier alpha value is -2.10. The van der Waals surface area contributed by atoms with Crippen molar-refractivity contribution >= 4 is 32.0 Å². The minimum atomic E-state index is -3.25. The predicted molar refractivity (Wildman–Crippen MR) is 119 cm³/mol. The summed E-state index contributed by atoms with van der Waals surface area (Å²) >= 11 is 0. The van der Waals surface area contributed by atoms with Crippen molar-refractivity contribution in [3.05, 3.63) is 30.2 Å². The molecule has 0 amide bonds. The van der Waals surface area contributed by atoms with Crippen molar-refractivity contribution in [1.29, 1.82) is 0 Å². The molecule has 1 saturated carbocycles. The summed E-state index contributed by atoms with van der Waals surface area (Å²) in [5.74, 6) is 0.821. The van der Waals surface area contributed by atoms with E-state index in [4.69, 9.17) is 4.74 Å². The molecule has 1 atom stereocenters. The number of nitrogens with zero attached hydrogens (tertiary/aromatic N) is 4. The number of fused-ring (bicyclic) bond motifs is 3. The van der Waals surface area contributed by atoms with E-state index in [9.17, 15) is 8.42 Å². The quantitative estimate of drug-likeness (QED) is 0.650. The number of hydrogen-bond donors (Lipinski definition) is 1. The maximum absolute atomic E-state index is 13.0. The van der Waals surface area contributed by atoms with Gasteiger partial charge in [0.25, 0.3) is 0 Å². The Labute approximate surface area is 182 Å². The fourth-order valence-electron chi connectivity index (χ4n) is 5.30. The van der Waals surface area contributed by atoms with Gasteiger partial charge in [-0.1, -0.05) is 0 Å². The molecule has 0 radical (unpaired) electrons. The maximum atomic E-state index is 13.0. The van der Waals surface area contributed by atoms with Gasteiger partial charge in [-0.05, 0) is 62.0 Å². The fourth-order valence-corrected chi connectivity index (χ4v) is 7.24. The van der Waals surface area contributed by atoms with E-state index in [2.05, 4.69) is 20.2 Å². The minimum absolute atomic E-state index is 0.0199. The summed E-state index contributed by atoms with van der Waals surface area (Å²) in [5, 5.41) is 10.7. The fraction of sp³-hybridized carbons (Fsp3) is 0.591. The van der Waals surface area contributed by atoms with Crippen LogP contribution in [-0.4, -0.2) is 64.9 Å². The van der Waals surface area contributed by atoms with Crippen LogP contribution in [0.25, 0.3) is 21.9 Å². The number of H-pyrrole nitrogens is 1. The molecule has 3 aromatic heterocycles. The molecule has 2 fully saturated rings. The largest absolute Gasteiger partial charge is 0.380 e. The van der Waals surface area contributed by atoms with E-state index in [0.717, 1.165) is 60.5 Å². The molecule has 31 heavy (non-hydrogen) atoms. The maximum Gasteiger partial charge on any atom is 0.214 e. The van der Waals surface area contributed by atoms with Crippen LogP contribution in [0.1, 0.15) is 50.0 Å². The molecule has 3 aromatic rings. The Balaban J connectivity index is 1.29. The molecule has 1 aliphatic carbocycles. The highest BCUT2D eigenvalue weighted by atomic mass is 32.2. The number of rotatable bonds is 5. The van der Waals surface area contributed by atoms with Crippen LogP contribution in [0.4, 0.5) is 0 Å². The third kappa shape index (κ3) is 4.06. The molecule has 1 aliphatic heterocycles. The van der Waals surface area contributed by atoms with Gasteiger partial charge in [0, 0.05) is 37.2 Å². The van der Waals surface area contributed by atoms with Crippen LogP contribution in [0, 0.1) is 5.92 Å². The summed E-state index contributed by atoms with van der Waals surface area (Å²) in [6, 6.07) is 2.04. The first-order valence-corrected chi connectivity index (χ1v) is 12.7. The van der Waals surface area contributed by atoms with E-state index >= 15 is 0 Å². The number of methoxy groups -OCH3 is 1. The van der Waals surface area contributed by atoms with Gasteiger partial charge in [-0.2, -0.15) is 9.40 Å². The number of ether oxygens (including phenoxy) is 1. The molecule has 1 unspecified atom stereocenters. The van der Waals surface area contributed by atoms with Crippen molar-refractivity contribution in [2.45, 2.75) is 50.5 Å². The van der Waals surface area contributed by atoms with Gasteiger partial charge in [0.2, 0.25) is 10.0 Å². The monoisotopic (exact) mass is 443 g/mol. The van der Waals surface area contributed by atoms with Gasteiger partial charge < -0.3 is 9.72 Å². The van der Waals surface area contributed by atoms with Crippen LogP contribution in [0.3, 0.4) is 0 Å². The van der Waals surface area contributed by atoms with Crippen molar-refractivity contribution in [3.63, 3.8) is 0 Å². The lowest BCUT2D eigenvalue weighted by atomic mass is 9.79. The van der Waals surface area contributed by atoms with Gasteiger partial charge >= 0.3 is 0 Å². The van der Waals surface area contributed by atoms with E-state index in [1.807, 2.05) is 18.5 Å². The predicted octanol–water partition coefficient (Wildman–Crippen LogP) is 3.22. The molecule has 166 valence electrons. The topological polar surface area (TPSA) is 101 Å². The van der Waals surface area contributed by atoms with Gasteiger partial charge in [0.15, 0.2) is 0 Å². The molecular weight excluding hydrogens is 414 g/mol. The van der Waals surface area contributed by atoms with Crippen molar-refractivity contribution in [1.82, 2.24) is 24.5 Å². The third-order valence-electron chi connectivity index (χ3n) is 7.02. The Bertz CT molecular complexity index is 1170. The highest BCUT2D eigenvalue weighted by Crippen LogP contribution is 2.40. The van der Waals surface area contributed by atoms with Crippen LogP contribution in [0.15, 0.2) is 24.7 Å². The van der Waals surface area contributed by atoms with Crippen LogP contribution >= 0.6 is 0 Å². The summed E-state index contributed by atoms with van der Waals surface area (Å²) in [6.45, 7) is 1.11. The second-order valence-corrected chi connectivity index (χ2v) is 10.9. The molecule has 1 saturated heterocycles. The summed E-state index contributed by atoms with van der Waals surface area (Å²) in [6.07, 6.45) is 11.1. The first kappa shape index (κ1) is 20.8. The van der Waals surface area contributed by atoms with E-state index in [-0.39, 0.29) is 17.8 Å². The lowest BCUT2D eigenvalue weighted by Gasteiger charge is -2.34. The zero-order valence-corrected chi connectivity index (χ0v) is 18.6. The molecule has 2 aliphatic rings. The number of aromatic nitrogens is 4. The Morgan fingerprint density at radius 2 is 2.03 bits per heavy atom. The number of aromatic amines is 1. The summed E-state index contributed by atoms with van der Waals surface area (Å²) in [4.78, 5) is 7.60. The molecule has 5 rings (SSSR count). The smallest absolute Gasteiger partial charge is 0.214 e. The number of hydrogen-bond acceptors (Lipinski definition) is 6. The Morgan fingerprint density at radius 1 is 1.19 bits per heavy atom.